The van der Waals surface area contributed by atoms with E-state index in [1.54, 1.807) is 12.1 Å². The summed E-state index contributed by atoms with van der Waals surface area (Å²) in [5, 5.41) is 3.80. The highest BCUT2D eigenvalue weighted by atomic mass is 35.5. The van der Waals surface area contributed by atoms with Crippen molar-refractivity contribution >= 4 is 29.9 Å². The molecule has 0 radical (unpaired) electrons. The minimum absolute atomic E-state index is 0. The van der Waals surface area contributed by atoms with E-state index in [0.717, 1.165) is 24.2 Å². The zero-order chi connectivity index (χ0) is 18.5. The van der Waals surface area contributed by atoms with Crippen LogP contribution in [0.1, 0.15) is 27.5 Å². The molecular formula is C20H25Cl2N3O2. The average Bonchev–Trinajstić information content (AvgIpc) is 2.67. The van der Waals surface area contributed by atoms with Crippen LogP contribution < -0.4 is 11.1 Å². The first-order chi connectivity index (χ1) is 12.6. The fourth-order valence-electron chi connectivity index (χ4n) is 3.09. The van der Waals surface area contributed by atoms with Gasteiger partial charge in [-0.3, -0.25) is 4.79 Å². The van der Waals surface area contributed by atoms with Gasteiger partial charge in [0, 0.05) is 30.2 Å². The van der Waals surface area contributed by atoms with Gasteiger partial charge in [-0.15, -0.1) is 12.4 Å². The van der Waals surface area contributed by atoms with Crippen molar-refractivity contribution in [2.75, 3.05) is 26.7 Å². The molecule has 1 heterocycles. The third kappa shape index (κ3) is 5.67. The summed E-state index contributed by atoms with van der Waals surface area (Å²) in [6.07, 6.45) is -0.123. The Morgan fingerprint density at radius 2 is 1.93 bits per heavy atom. The molecule has 0 aliphatic carbocycles. The van der Waals surface area contributed by atoms with Gasteiger partial charge in [-0.25, -0.2) is 0 Å². The van der Waals surface area contributed by atoms with Gasteiger partial charge in [0.15, 0.2) is 0 Å². The second-order valence-electron chi connectivity index (χ2n) is 6.58. The van der Waals surface area contributed by atoms with Crippen LogP contribution in [0.15, 0.2) is 48.5 Å². The Morgan fingerprint density at radius 1 is 1.26 bits per heavy atom. The standard InChI is InChI=1S/C20H24ClN3O2.ClH/c1-24-10-11-26-18(13-24)19(15-6-8-17(21)9-7-15)23-20(25)16-4-2-14(12-22)3-5-16;/h2-9,18-19H,10-13,22H2,1H3,(H,23,25);1H. The lowest BCUT2D eigenvalue weighted by Crippen LogP contribution is -2.48. The summed E-state index contributed by atoms with van der Waals surface area (Å²) in [6, 6.07) is 14.6. The first-order valence-corrected chi connectivity index (χ1v) is 9.10. The van der Waals surface area contributed by atoms with E-state index in [1.807, 2.05) is 36.4 Å². The first kappa shape index (κ1) is 21.7. The molecule has 0 bridgehead atoms. The Balaban J connectivity index is 0.00000261. The molecule has 3 N–H and O–H groups in total. The minimum atomic E-state index is -0.253. The van der Waals surface area contributed by atoms with E-state index in [-0.39, 0.29) is 30.5 Å². The number of benzene rings is 2. The summed E-state index contributed by atoms with van der Waals surface area (Å²) in [7, 11) is 2.06. The summed E-state index contributed by atoms with van der Waals surface area (Å²) < 4.78 is 5.96. The van der Waals surface area contributed by atoms with Crippen molar-refractivity contribution in [3.63, 3.8) is 0 Å². The molecule has 1 fully saturated rings. The molecule has 3 rings (SSSR count). The van der Waals surface area contributed by atoms with Gasteiger partial charge in [0.2, 0.25) is 0 Å². The van der Waals surface area contributed by atoms with Crippen LogP contribution in [-0.2, 0) is 11.3 Å². The Labute approximate surface area is 171 Å². The van der Waals surface area contributed by atoms with Crippen LogP contribution in [0, 0.1) is 0 Å². The molecule has 27 heavy (non-hydrogen) atoms. The maximum absolute atomic E-state index is 12.8. The highest BCUT2D eigenvalue weighted by Gasteiger charge is 2.29. The molecule has 5 nitrogen and oxygen atoms in total. The molecular weight excluding hydrogens is 385 g/mol. The summed E-state index contributed by atoms with van der Waals surface area (Å²) in [5.74, 6) is -0.134. The third-order valence-corrected chi connectivity index (χ3v) is 4.89. The zero-order valence-corrected chi connectivity index (χ0v) is 16.8. The number of carbonyl (C=O) groups is 1. The molecule has 1 saturated heterocycles. The molecule has 146 valence electrons. The van der Waals surface area contributed by atoms with Gasteiger partial charge in [0.05, 0.1) is 18.8 Å². The predicted molar refractivity (Wildman–Crippen MR) is 110 cm³/mol. The van der Waals surface area contributed by atoms with E-state index in [2.05, 4.69) is 17.3 Å². The second kappa shape index (κ2) is 10.1. The van der Waals surface area contributed by atoms with Crippen molar-refractivity contribution in [1.82, 2.24) is 10.2 Å². The molecule has 2 unspecified atom stereocenters. The molecule has 7 heteroatoms. The van der Waals surface area contributed by atoms with E-state index < -0.39 is 0 Å². The van der Waals surface area contributed by atoms with E-state index in [0.29, 0.717) is 23.7 Å². The molecule has 0 spiro atoms. The number of carbonyl (C=O) groups excluding carboxylic acids is 1. The fraction of sp³-hybridized carbons (Fsp3) is 0.350. The predicted octanol–water partition coefficient (Wildman–Crippen LogP) is 3.02. The number of rotatable bonds is 5. The van der Waals surface area contributed by atoms with E-state index in [9.17, 15) is 4.79 Å². The quantitative estimate of drug-likeness (QED) is 0.795. The lowest BCUT2D eigenvalue weighted by atomic mass is 9.99. The van der Waals surface area contributed by atoms with Crippen molar-refractivity contribution < 1.29 is 9.53 Å². The number of likely N-dealkylation sites (N-methyl/N-ethyl adjacent to an activating group) is 1. The van der Waals surface area contributed by atoms with Crippen LogP contribution in [0.4, 0.5) is 0 Å². The Hall–Kier alpha value is -1.63. The second-order valence-corrected chi connectivity index (χ2v) is 7.01. The van der Waals surface area contributed by atoms with Gasteiger partial charge >= 0.3 is 0 Å². The highest BCUT2D eigenvalue weighted by molar-refractivity contribution is 6.30. The summed E-state index contributed by atoms with van der Waals surface area (Å²) in [4.78, 5) is 15.0. The molecule has 2 aromatic rings. The number of hydrogen-bond acceptors (Lipinski definition) is 4. The van der Waals surface area contributed by atoms with Crippen LogP contribution in [0.3, 0.4) is 0 Å². The zero-order valence-electron chi connectivity index (χ0n) is 15.2. The van der Waals surface area contributed by atoms with Gasteiger partial charge in [0.1, 0.15) is 0 Å². The monoisotopic (exact) mass is 409 g/mol. The lowest BCUT2D eigenvalue weighted by Gasteiger charge is -2.35. The topological polar surface area (TPSA) is 67.6 Å². The molecule has 1 amide bonds. The number of ether oxygens (including phenoxy) is 1. The van der Waals surface area contributed by atoms with Crippen LogP contribution in [0.25, 0.3) is 0 Å². The van der Waals surface area contributed by atoms with Crippen LogP contribution in [0.5, 0.6) is 0 Å². The lowest BCUT2D eigenvalue weighted by molar-refractivity contribution is -0.0380. The Bertz CT molecular complexity index is 738. The summed E-state index contributed by atoms with van der Waals surface area (Å²) in [5.41, 5.74) is 8.19. The first-order valence-electron chi connectivity index (χ1n) is 8.72. The van der Waals surface area contributed by atoms with E-state index in [1.165, 1.54) is 0 Å². The normalized spacial score (nSPS) is 18.4. The molecule has 1 aliphatic heterocycles. The number of nitrogens with zero attached hydrogens (tertiary/aromatic N) is 1. The Kier molecular flexibility index (Phi) is 8.07. The SMILES string of the molecule is CN1CCOC(C(NC(=O)c2ccc(CN)cc2)c2ccc(Cl)cc2)C1.Cl. The molecule has 0 aromatic heterocycles. The van der Waals surface area contributed by atoms with E-state index >= 15 is 0 Å². The highest BCUT2D eigenvalue weighted by Crippen LogP contribution is 2.24. The maximum atomic E-state index is 12.8. The molecule has 2 atom stereocenters. The van der Waals surface area contributed by atoms with Gasteiger partial charge in [0.25, 0.3) is 5.91 Å². The largest absolute Gasteiger partial charge is 0.373 e. The number of hydrogen-bond donors (Lipinski definition) is 2. The molecule has 1 aliphatic rings. The number of nitrogens with one attached hydrogen (secondary N) is 1. The van der Waals surface area contributed by atoms with E-state index in [4.69, 9.17) is 22.1 Å². The summed E-state index contributed by atoms with van der Waals surface area (Å²) >= 11 is 6.02. The van der Waals surface area contributed by atoms with Crippen molar-refractivity contribution in [3.05, 3.63) is 70.2 Å². The number of amides is 1. The molecule has 0 saturated carbocycles. The maximum Gasteiger partial charge on any atom is 0.251 e. The number of halogens is 2. The van der Waals surface area contributed by atoms with Crippen LogP contribution in [-0.4, -0.2) is 43.7 Å². The number of nitrogens with two attached hydrogens (primary N) is 1. The fourth-order valence-corrected chi connectivity index (χ4v) is 3.22. The van der Waals surface area contributed by atoms with Gasteiger partial charge in [-0.1, -0.05) is 35.9 Å². The van der Waals surface area contributed by atoms with Crippen molar-refractivity contribution in [2.24, 2.45) is 5.73 Å². The summed E-state index contributed by atoms with van der Waals surface area (Å²) in [6.45, 7) is 2.74. The number of morpholine rings is 1. The van der Waals surface area contributed by atoms with Gasteiger partial charge in [-0.2, -0.15) is 0 Å². The smallest absolute Gasteiger partial charge is 0.251 e. The van der Waals surface area contributed by atoms with Crippen molar-refractivity contribution in [2.45, 2.75) is 18.7 Å². The van der Waals surface area contributed by atoms with Crippen LogP contribution in [0.2, 0.25) is 5.02 Å². The average molecular weight is 410 g/mol. The molecule has 2 aromatic carbocycles. The van der Waals surface area contributed by atoms with Crippen LogP contribution >= 0.6 is 24.0 Å². The minimum Gasteiger partial charge on any atom is -0.373 e. The van der Waals surface area contributed by atoms with Crippen molar-refractivity contribution in [1.29, 1.82) is 0 Å². The van der Waals surface area contributed by atoms with Crippen molar-refractivity contribution in [3.8, 4) is 0 Å². The Morgan fingerprint density at radius 3 is 2.52 bits per heavy atom. The van der Waals surface area contributed by atoms with Gasteiger partial charge < -0.3 is 20.7 Å². The third-order valence-electron chi connectivity index (χ3n) is 4.64. The van der Waals surface area contributed by atoms with Gasteiger partial charge in [-0.05, 0) is 42.4 Å².